The number of rotatable bonds is 9. The lowest BCUT2D eigenvalue weighted by atomic mass is 10.1. The second kappa shape index (κ2) is 8.92. The van der Waals surface area contributed by atoms with Crippen LogP contribution >= 0.6 is 0 Å². The number of hydrogen-bond donors (Lipinski definition) is 0. The lowest BCUT2D eigenvalue weighted by molar-refractivity contribution is -0.135. The minimum atomic E-state index is -1.07. The Morgan fingerprint density at radius 1 is 1.24 bits per heavy atom. The van der Waals surface area contributed by atoms with Crippen LogP contribution < -0.4 is 0 Å². The lowest BCUT2D eigenvalue weighted by Crippen LogP contribution is -2.24. The van der Waals surface area contributed by atoms with E-state index in [1.54, 1.807) is 19.1 Å². The third kappa shape index (κ3) is 8.60. The molecule has 0 N–H and O–H groups in total. The van der Waals surface area contributed by atoms with Crippen LogP contribution in [0.25, 0.3) is 6.08 Å². The van der Waals surface area contributed by atoms with Gasteiger partial charge in [-0.05, 0) is 24.6 Å². The molecule has 0 aliphatic carbocycles. The summed E-state index contributed by atoms with van der Waals surface area (Å²) in [7, 11) is -1.07. The number of ether oxygens (including phenoxy) is 2. The van der Waals surface area contributed by atoms with Crippen LogP contribution in [0.15, 0.2) is 36.4 Å². The maximum absolute atomic E-state index is 11.9. The Labute approximate surface area is 129 Å². The Kier molecular flexibility index (Phi) is 7.57. The average Bonchev–Trinajstić information content (AvgIpc) is 2.44. The number of ketones is 1. The highest BCUT2D eigenvalue weighted by atomic mass is 28.3. The van der Waals surface area contributed by atoms with Crippen molar-refractivity contribution in [3.63, 3.8) is 0 Å². The van der Waals surface area contributed by atoms with Gasteiger partial charge in [0.05, 0.1) is 0 Å². The van der Waals surface area contributed by atoms with Crippen molar-refractivity contribution in [2.45, 2.75) is 38.7 Å². The van der Waals surface area contributed by atoms with Crippen LogP contribution in [0.2, 0.25) is 25.7 Å². The second-order valence-electron chi connectivity index (χ2n) is 6.29. The fourth-order valence-electron chi connectivity index (χ4n) is 1.55. The third-order valence-electron chi connectivity index (χ3n) is 3.04. The molecule has 21 heavy (non-hydrogen) atoms. The molecule has 0 radical (unpaired) electrons. The highest BCUT2D eigenvalue weighted by Crippen LogP contribution is 2.08. The molecule has 1 atom stereocenters. The van der Waals surface area contributed by atoms with Crippen molar-refractivity contribution in [2.75, 3.05) is 13.4 Å². The molecule has 0 saturated carbocycles. The zero-order valence-electron chi connectivity index (χ0n) is 13.5. The van der Waals surface area contributed by atoms with Crippen LogP contribution in [0.4, 0.5) is 0 Å². The zero-order chi connectivity index (χ0) is 15.7. The van der Waals surface area contributed by atoms with Gasteiger partial charge in [0.25, 0.3) is 0 Å². The van der Waals surface area contributed by atoms with Gasteiger partial charge in [0, 0.05) is 14.7 Å². The Morgan fingerprint density at radius 2 is 1.90 bits per heavy atom. The highest BCUT2D eigenvalue weighted by Gasteiger charge is 2.13. The summed E-state index contributed by atoms with van der Waals surface area (Å²) >= 11 is 0. The fraction of sp³-hybridized carbons (Fsp3) is 0.471. The molecule has 0 aliphatic heterocycles. The SMILES string of the molecule is C[C@@H](OCOCC[Si](C)(C)C)C(=O)/C=C/c1ccccc1. The first-order chi connectivity index (χ1) is 9.88. The number of carbonyl (C=O) groups is 1. The van der Waals surface area contributed by atoms with Crippen LogP contribution in [-0.2, 0) is 14.3 Å². The number of hydrogen-bond acceptors (Lipinski definition) is 3. The maximum Gasteiger partial charge on any atom is 0.184 e. The predicted octanol–water partition coefficient (Wildman–Crippen LogP) is 3.99. The summed E-state index contributed by atoms with van der Waals surface area (Å²) in [5.74, 6) is -0.0485. The third-order valence-corrected chi connectivity index (χ3v) is 4.74. The standard InChI is InChI=1S/C17H26O3Si/c1-15(20-14-19-12-13-21(2,3)4)17(18)11-10-16-8-6-5-7-9-16/h5-11,15H,12-14H2,1-4H3/b11-10+/t15-/m1/s1. The molecule has 1 aromatic carbocycles. The van der Waals surface area contributed by atoms with E-state index in [0.29, 0.717) is 6.61 Å². The smallest absolute Gasteiger partial charge is 0.184 e. The van der Waals surface area contributed by atoms with E-state index in [1.165, 1.54) is 0 Å². The molecule has 0 aliphatic rings. The van der Waals surface area contributed by atoms with Crippen molar-refractivity contribution in [1.29, 1.82) is 0 Å². The molecule has 1 rings (SSSR count). The van der Waals surface area contributed by atoms with Crippen LogP contribution in [0, 0.1) is 0 Å². The maximum atomic E-state index is 11.9. The normalized spacial score (nSPS) is 13.5. The Balaban J connectivity index is 2.24. The monoisotopic (exact) mass is 306 g/mol. The molecule has 0 unspecified atom stereocenters. The zero-order valence-corrected chi connectivity index (χ0v) is 14.5. The molecule has 1 aromatic rings. The van der Waals surface area contributed by atoms with Crippen molar-refractivity contribution < 1.29 is 14.3 Å². The van der Waals surface area contributed by atoms with Gasteiger partial charge in [-0.15, -0.1) is 0 Å². The number of carbonyl (C=O) groups excluding carboxylic acids is 1. The molecular formula is C17H26O3Si. The summed E-state index contributed by atoms with van der Waals surface area (Å²) in [6.07, 6.45) is 2.88. The molecule has 3 nitrogen and oxygen atoms in total. The van der Waals surface area contributed by atoms with Crippen molar-refractivity contribution >= 4 is 19.9 Å². The first-order valence-corrected chi connectivity index (χ1v) is 11.1. The van der Waals surface area contributed by atoms with Gasteiger partial charge in [-0.3, -0.25) is 4.79 Å². The molecule has 116 valence electrons. The van der Waals surface area contributed by atoms with E-state index in [4.69, 9.17) is 9.47 Å². The quantitative estimate of drug-likeness (QED) is 0.299. The topological polar surface area (TPSA) is 35.5 Å². The Hall–Kier alpha value is -1.23. The summed E-state index contributed by atoms with van der Waals surface area (Å²) in [6, 6.07) is 10.8. The van der Waals surface area contributed by atoms with E-state index in [9.17, 15) is 4.79 Å². The van der Waals surface area contributed by atoms with Crippen molar-refractivity contribution in [1.82, 2.24) is 0 Å². The Morgan fingerprint density at radius 3 is 2.52 bits per heavy atom. The summed E-state index contributed by atoms with van der Waals surface area (Å²) in [5.41, 5.74) is 1.00. The van der Waals surface area contributed by atoms with E-state index in [2.05, 4.69) is 19.6 Å². The van der Waals surface area contributed by atoms with E-state index < -0.39 is 14.2 Å². The minimum absolute atomic E-state index is 0.0485. The lowest BCUT2D eigenvalue weighted by Gasteiger charge is -2.16. The van der Waals surface area contributed by atoms with E-state index >= 15 is 0 Å². The summed E-state index contributed by atoms with van der Waals surface area (Å²) < 4.78 is 10.8. The van der Waals surface area contributed by atoms with Gasteiger partial charge < -0.3 is 9.47 Å². The van der Waals surface area contributed by atoms with Crippen molar-refractivity contribution in [2.24, 2.45) is 0 Å². The van der Waals surface area contributed by atoms with Gasteiger partial charge in [-0.1, -0.05) is 56.0 Å². The van der Waals surface area contributed by atoms with Gasteiger partial charge in [-0.25, -0.2) is 0 Å². The number of benzene rings is 1. The highest BCUT2D eigenvalue weighted by molar-refractivity contribution is 6.76. The van der Waals surface area contributed by atoms with Crippen LogP contribution in [-0.4, -0.2) is 33.4 Å². The van der Waals surface area contributed by atoms with Gasteiger partial charge in [0.15, 0.2) is 5.78 Å². The summed E-state index contributed by atoms with van der Waals surface area (Å²) in [5, 5.41) is 0. The molecule has 0 spiro atoms. The van der Waals surface area contributed by atoms with Crippen molar-refractivity contribution in [3.05, 3.63) is 42.0 Å². The second-order valence-corrected chi connectivity index (χ2v) is 11.9. The molecule has 0 fully saturated rings. The molecule has 0 aromatic heterocycles. The van der Waals surface area contributed by atoms with Crippen LogP contribution in [0.3, 0.4) is 0 Å². The summed E-state index contributed by atoms with van der Waals surface area (Å²) in [6.45, 7) is 9.54. The van der Waals surface area contributed by atoms with Crippen molar-refractivity contribution in [3.8, 4) is 0 Å². The average molecular weight is 306 g/mol. The largest absolute Gasteiger partial charge is 0.356 e. The first-order valence-electron chi connectivity index (χ1n) is 7.35. The van der Waals surface area contributed by atoms with Gasteiger partial charge >= 0.3 is 0 Å². The summed E-state index contributed by atoms with van der Waals surface area (Å²) in [4.78, 5) is 11.9. The van der Waals surface area contributed by atoms with E-state index in [1.807, 2.05) is 30.3 Å². The predicted molar refractivity (Wildman–Crippen MR) is 90.0 cm³/mol. The van der Waals surface area contributed by atoms with Gasteiger partial charge in [0.1, 0.15) is 12.9 Å². The van der Waals surface area contributed by atoms with Crippen LogP contribution in [0.1, 0.15) is 12.5 Å². The van der Waals surface area contributed by atoms with Gasteiger partial charge in [-0.2, -0.15) is 0 Å². The Bertz CT molecular complexity index is 449. The molecule has 0 bridgehead atoms. The molecule has 4 heteroatoms. The first kappa shape index (κ1) is 17.8. The minimum Gasteiger partial charge on any atom is -0.356 e. The molecular weight excluding hydrogens is 280 g/mol. The van der Waals surface area contributed by atoms with Crippen LogP contribution in [0.5, 0.6) is 0 Å². The molecule has 0 amide bonds. The molecule has 0 heterocycles. The fourth-order valence-corrected chi connectivity index (χ4v) is 2.30. The molecule has 0 saturated heterocycles. The van der Waals surface area contributed by atoms with E-state index in [0.717, 1.165) is 11.6 Å². The van der Waals surface area contributed by atoms with Gasteiger partial charge in [0.2, 0.25) is 0 Å². The van der Waals surface area contributed by atoms with E-state index in [-0.39, 0.29) is 12.6 Å².